The molecular weight excluding hydrogens is 862 g/mol. The molecule has 0 unspecified atom stereocenters. The molecule has 0 aliphatic heterocycles. The van der Waals surface area contributed by atoms with Crippen LogP contribution >= 0.6 is 0 Å². The molecule has 0 saturated carbocycles. The zero-order valence-corrected chi connectivity index (χ0v) is 32.4. The van der Waals surface area contributed by atoms with Crippen LogP contribution in [-0.2, 0) is 28.8 Å². The topological polar surface area (TPSA) is 241 Å². The number of carboxylic acid groups (broad SMARTS) is 6. The number of allylic oxidation sites excluding steroid dienone is 18. The summed E-state index contributed by atoms with van der Waals surface area (Å²) in [5, 5.41) is 57.9. The van der Waals surface area contributed by atoms with Crippen LogP contribution in [0.25, 0.3) is 0 Å². The van der Waals surface area contributed by atoms with E-state index >= 15 is 0 Å². The Morgan fingerprint density at radius 2 is 0.367 bits per heavy atom. The fourth-order valence-corrected chi connectivity index (χ4v) is 1.47. The summed E-state index contributed by atoms with van der Waals surface area (Å²) in [5.74, 6) is -6.98. The van der Waals surface area contributed by atoms with Gasteiger partial charge in [-0.15, -0.1) is 0 Å². The zero-order valence-electron chi connectivity index (χ0n) is 28.3. The minimum absolute atomic E-state index is 0. The number of aliphatic carboxylic acids is 6. The van der Waals surface area contributed by atoms with Crippen LogP contribution in [0.4, 0.5) is 0 Å². The second-order valence-corrected chi connectivity index (χ2v) is 7.22. The van der Waals surface area contributed by atoms with Crippen molar-refractivity contribution in [1.29, 1.82) is 0 Å². The molecule has 0 fully saturated rings. The van der Waals surface area contributed by atoms with E-state index in [1.807, 2.05) is 0 Å². The molecule has 0 aromatic rings. The molecule has 0 atom stereocenters. The first-order valence-electron chi connectivity index (χ1n) is 13.6. The summed E-state index contributed by atoms with van der Waals surface area (Å²) in [7, 11) is 0. The maximum absolute atomic E-state index is 9.64. The molecule has 0 bridgehead atoms. The normalized spacial score (nSPS) is 10.9. The Kier molecular flexibility index (Phi) is 66.7. The van der Waals surface area contributed by atoms with Crippen molar-refractivity contribution in [2.45, 2.75) is 41.5 Å². The first kappa shape index (κ1) is 59.2. The van der Waals surface area contributed by atoms with Gasteiger partial charge in [-0.1, -0.05) is 109 Å². The standard InChI is InChI=1S/6C6H8O2.U/c6*1-2-3-4-5-6(7)8;/h6*2-5H,1H3,(H,7,8);/p-6/b6*3-2+,5-4+;. The maximum atomic E-state index is 9.64. The number of carboxylic acids is 6. The van der Waals surface area contributed by atoms with Gasteiger partial charge in [-0.3, -0.25) is 0 Å². The Morgan fingerprint density at radius 3 is 0.429 bits per heavy atom. The molecule has 0 aromatic heterocycles. The summed E-state index contributed by atoms with van der Waals surface area (Å²) in [4.78, 5) is 57.9. The van der Waals surface area contributed by atoms with E-state index < -0.39 is 35.8 Å². The Labute approximate surface area is 312 Å². The third kappa shape index (κ3) is 116. The molecular formula is C36H42O12U-6. The van der Waals surface area contributed by atoms with E-state index in [0.717, 1.165) is 36.5 Å². The Bertz CT molecular complexity index is 990. The molecule has 0 rings (SSSR count). The SMILES string of the molecule is C/C=C/C=C/C(=O)[O-].C/C=C/C=C/C(=O)[O-].C/C=C/C=C/C(=O)[O-].C/C=C/C=C/C(=O)[O-].C/C=C/C=C/C(=O)[O-].C/C=C/C=C/C(=O)[O-].[U]. The maximum Gasteiger partial charge on any atom is 0.0642 e. The molecule has 0 heterocycles. The van der Waals surface area contributed by atoms with Gasteiger partial charge in [-0.25, -0.2) is 0 Å². The largest absolute Gasteiger partial charge is 0.545 e. The van der Waals surface area contributed by atoms with Crippen LogP contribution in [-0.4, -0.2) is 35.8 Å². The zero-order chi connectivity index (χ0) is 38.4. The molecule has 268 valence electrons. The van der Waals surface area contributed by atoms with Gasteiger partial charge in [0.05, 0.1) is 35.8 Å². The van der Waals surface area contributed by atoms with Gasteiger partial charge in [0.25, 0.3) is 0 Å². The minimum atomic E-state index is -1.16. The molecule has 0 aromatic carbocycles. The van der Waals surface area contributed by atoms with Crippen molar-refractivity contribution >= 4 is 35.8 Å². The molecule has 0 N–H and O–H groups in total. The summed E-state index contributed by atoms with van der Waals surface area (Å²) < 4.78 is 0. The van der Waals surface area contributed by atoms with Crippen LogP contribution in [0, 0.1) is 31.1 Å². The summed E-state index contributed by atoms with van der Waals surface area (Å²) in [5.41, 5.74) is 0. The summed E-state index contributed by atoms with van der Waals surface area (Å²) in [6.45, 7) is 10.8. The minimum Gasteiger partial charge on any atom is -0.545 e. The van der Waals surface area contributed by atoms with Crippen molar-refractivity contribution in [3.63, 3.8) is 0 Å². The fraction of sp³-hybridized carbons (Fsp3) is 0.167. The third-order valence-electron chi connectivity index (χ3n) is 3.22. The molecule has 0 aliphatic rings. The number of rotatable bonds is 12. The van der Waals surface area contributed by atoms with Gasteiger partial charge in [-0.2, -0.15) is 0 Å². The molecule has 0 spiro atoms. The monoisotopic (exact) mass is 904 g/mol. The van der Waals surface area contributed by atoms with Crippen LogP contribution in [0.15, 0.2) is 146 Å². The fourth-order valence-electron chi connectivity index (χ4n) is 1.47. The Hall–Kier alpha value is -5.25. The molecule has 0 saturated heterocycles. The summed E-state index contributed by atoms with van der Waals surface area (Å²) in [6.07, 6.45) is 34.4. The van der Waals surface area contributed by atoms with E-state index in [-0.39, 0.29) is 31.1 Å². The Morgan fingerprint density at radius 1 is 0.265 bits per heavy atom. The van der Waals surface area contributed by atoms with Gasteiger partial charge in [0, 0.05) is 31.1 Å². The van der Waals surface area contributed by atoms with E-state index in [2.05, 4.69) is 0 Å². The van der Waals surface area contributed by atoms with Gasteiger partial charge >= 0.3 is 0 Å². The Balaban J connectivity index is -0.0000000860. The second-order valence-electron chi connectivity index (χ2n) is 7.22. The number of hydrogen-bond donors (Lipinski definition) is 0. The quantitative estimate of drug-likeness (QED) is 0.173. The first-order valence-corrected chi connectivity index (χ1v) is 13.6. The van der Waals surface area contributed by atoms with E-state index in [1.54, 1.807) is 114 Å². The van der Waals surface area contributed by atoms with E-state index in [0.29, 0.717) is 0 Å². The number of hydrogen-bond acceptors (Lipinski definition) is 12. The molecule has 0 amide bonds. The average molecular weight is 905 g/mol. The summed E-state index contributed by atoms with van der Waals surface area (Å²) in [6, 6.07) is 0. The van der Waals surface area contributed by atoms with Gasteiger partial charge < -0.3 is 59.4 Å². The van der Waals surface area contributed by atoms with Crippen molar-refractivity contribution in [2.24, 2.45) is 0 Å². The number of carbonyl (C=O) groups is 6. The second kappa shape index (κ2) is 55.2. The van der Waals surface area contributed by atoms with Gasteiger partial charge in [0.2, 0.25) is 0 Å². The molecule has 0 aliphatic carbocycles. The van der Waals surface area contributed by atoms with Crippen molar-refractivity contribution in [3.8, 4) is 0 Å². The van der Waals surface area contributed by atoms with E-state index in [9.17, 15) is 59.4 Å². The van der Waals surface area contributed by atoms with Gasteiger partial charge in [0.1, 0.15) is 0 Å². The van der Waals surface area contributed by atoms with Crippen LogP contribution in [0.3, 0.4) is 0 Å². The molecule has 13 heteroatoms. The van der Waals surface area contributed by atoms with Crippen molar-refractivity contribution in [3.05, 3.63) is 146 Å². The van der Waals surface area contributed by atoms with Gasteiger partial charge in [-0.05, 0) is 78.0 Å². The van der Waals surface area contributed by atoms with Crippen molar-refractivity contribution < 1.29 is 90.5 Å². The van der Waals surface area contributed by atoms with Crippen LogP contribution in [0.2, 0.25) is 0 Å². The van der Waals surface area contributed by atoms with E-state index in [4.69, 9.17) is 0 Å². The first-order chi connectivity index (χ1) is 22.6. The van der Waals surface area contributed by atoms with Crippen LogP contribution < -0.4 is 30.6 Å². The number of carbonyl (C=O) groups excluding carboxylic acids is 6. The third-order valence-corrected chi connectivity index (χ3v) is 3.22. The van der Waals surface area contributed by atoms with Crippen molar-refractivity contribution in [1.82, 2.24) is 0 Å². The van der Waals surface area contributed by atoms with Gasteiger partial charge in [0.15, 0.2) is 0 Å². The van der Waals surface area contributed by atoms with Crippen LogP contribution in [0.1, 0.15) is 41.5 Å². The molecule has 12 nitrogen and oxygen atoms in total. The molecule has 0 radical (unpaired) electrons. The van der Waals surface area contributed by atoms with Crippen molar-refractivity contribution in [2.75, 3.05) is 0 Å². The predicted molar refractivity (Wildman–Crippen MR) is 174 cm³/mol. The smallest absolute Gasteiger partial charge is 0.0642 e. The van der Waals surface area contributed by atoms with Crippen LogP contribution in [0.5, 0.6) is 0 Å². The average Bonchev–Trinajstić information content (AvgIpc) is 2.99. The predicted octanol–water partition coefficient (Wildman–Crippen LogP) is -0.788. The summed E-state index contributed by atoms with van der Waals surface area (Å²) >= 11 is 0. The molecule has 49 heavy (non-hydrogen) atoms. The van der Waals surface area contributed by atoms with E-state index in [1.165, 1.54) is 36.5 Å².